The molecule has 0 bridgehead atoms. The molecular formula is C43H48Cl3N7O5S2. The number of sulfonamides is 1. The van der Waals surface area contributed by atoms with Gasteiger partial charge in [0.1, 0.15) is 11.5 Å². The normalized spacial score (nSPS) is 15.5. The number of nitro benzene ring substituents is 1. The monoisotopic (exact) mass is 911 g/mol. The Morgan fingerprint density at radius 3 is 2.47 bits per heavy atom. The number of aromatic nitrogens is 1. The highest BCUT2D eigenvalue weighted by Crippen LogP contribution is 2.34. The molecule has 1 amide bonds. The number of carbonyl (C=O) groups is 1. The van der Waals surface area contributed by atoms with Gasteiger partial charge in [0.15, 0.2) is 0 Å². The lowest BCUT2D eigenvalue weighted by atomic mass is 9.94. The van der Waals surface area contributed by atoms with Crippen LogP contribution in [0.2, 0.25) is 5.02 Å². The van der Waals surface area contributed by atoms with Crippen LogP contribution < -0.4 is 14.9 Å². The minimum Gasteiger partial charge on any atom is -0.376 e. The summed E-state index contributed by atoms with van der Waals surface area (Å²) in [5, 5.41) is 16.2. The first-order chi connectivity index (χ1) is 27.9. The van der Waals surface area contributed by atoms with Gasteiger partial charge in [-0.25, -0.2) is 18.1 Å². The molecule has 0 spiro atoms. The van der Waals surface area contributed by atoms with Crippen molar-refractivity contribution in [1.29, 1.82) is 0 Å². The van der Waals surface area contributed by atoms with Crippen LogP contribution in [0.4, 0.5) is 17.2 Å². The van der Waals surface area contributed by atoms with E-state index in [1.54, 1.807) is 17.8 Å². The summed E-state index contributed by atoms with van der Waals surface area (Å²) < 4.78 is 29.1. The fourth-order valence-electron chi connectivity index (χ4n) is 7.53. The molecule has 2 N–H and O–H groups in total. The van der Waals surface area contributed by atoms with Gasteiger partial charge < -0.3 is 15.1 Å². The van der Waals surface area contributed by atoms with E-state index in [-0.39, 0.29) is 53.0 Å². The molecule has 1 aromatic heterocycles. The van der Waals surface area contributed by atoms with Crippen LogP contribution in [-0.2, 0) is 23.0 Å². The van der Waals surface area contributed by atoms with Crippen molar-refractivity contribution in [2.45, 2.75) is 47.7 Å². The minimum atomic E-state index is -4.46. The van der Waals surface area contributed by atoms with Crippen LogP contribution in [0.15, 0.2) is 119 Å². The average Bonchev–Trinajstić information content (AvgIpc) is 3.22. The van der Waals surface area contributed by atoms with E-state index in [0.29, 0.717) is 23.6 Å². The number of nitrogens with zero attached hydrogens (tertiary/aromatic N) is 5. The lowest BCUT2D eigenvalue weighted by Gasteiger charge is -2.45. The molecular weight excluding hydrogens is 865 g/mol. The Balaban J connectivity index is 0.00000341. The maximum Gasteiger partial charge on any atom is 0.293 e. The molecule has 2 aliphatic heterocycles. The first-order valence-corrected chi connectivity index (χ1v) is 22.0. The fourth-order valence-corrected chi connectivity index (χ4v) is 9.64. The van der Waals surface area contributed by atoms with Crippen molar-refractivity contribution < 1.29 is 18.1 Å². The van der Waals surface area contributed by atoms with Gasteiger partial charge in [0.2, 0.25) is 0 Å². The Morgan fingerprint density at radius 1 is 1.00 bits per heavy atom. The number of aryl methyl sites for hydroxylation is 1. The largest absolute Gasteiger partial charge is 0.376 e. The molecule has 0 radical (unpaired) electrons. The summed E-state index contributed by atoms with van der Waals surface area (Å²) in [4.78, 5) is 37.2. The topological polar surface area (TPSA) is 141 Å². The number of anilines is 2. The van der Waals surface area contributed by atoms with Gasteiger partial charge in [-0.2, -0.15) is 0 Å². The number of piperazine rings is 1. The van der Waals surface area contributed by atoms with Crippen LogP contribution in [0.3, 0.4) is 0 Å². The molecule has 5 aromatic rings. The zero-order valence-electron chi connectivity index (χ0n) is 33.2. The van der Waals surface area contributed by atoms with Crippen LogP contribution in [0.1, 0.15) is 34.3 Å². The Hall–Kier alpha value is -4.41. The molecule has 0 saturated carbocycles. The maximum atomic E-state index is 13.5. The van der Waals surface area contributed by atoms with Gasteiger partial charge >= 0.3 is 0 Å². The number of carbonyl (C=O) groups excluding carboxylic acids is 1. The first-order valence-electron chi connectivity index (χ1n) is 19.2. The highest BCUT2D eigenvalue weighted by atomic mass is 35.5. The van der Waals surface area contributed by atoms with Gasteiger partial charge in [-0.1, -0.05) is 66.2 Å². The number of benzene rings is 4. The van der Waals surface area contributed by atoms with Crippen LogP contribution in [-0.4, -0.2) is 92.1 Å². The molecule has 12 nitrogen and oxygen atoms in total. The summed E-state index contributed by atoms with van der Waals surface area (Å²) >= 11 is 7.78. The van der Waals surface area contributed by atoms with Crippen molar-refractivity contribution in [3.05, 3.63) is 141 Å². The number of pyridine rings is 1. The van der Waals surface area contributed by atoms with Gasteiger partial charge in [-0.15, -0.1) is 36.6 Å². The number of fused-ring (bicyclic) bond motifs is 3. The molecule has 318 valence electrons. The number of thioether (sulfide) groups is 1. The van der Waals surface area contributed by atoms with Gasteiger partial charge in [0.05, 0.1) is 15.4 Å². The molecule has 1 saturated heterocycles. The second-order valence-corrected chi connectivity index (χ2v) is 18.1. The minimum absolute atomic E-state index is 0. The fraction of sp³-hybridized carbons (Fsp3) is 0.302. The second kappa shape index (κ2) is 20.9. The van der Waals surface area contributed by atoms with Crippen molar-refractivity contribution in [1.82, 2.24) is 19.5 Å². The van der Waals surface area contributed by atoms with E-state index >= 15 is 0 Å². The number of hydrogen-bond acceptors (Lipinski definition) is 11. The Bertz CT molecular complexity index is 2380. The van der Waals surface area contributed by atoms with Crippen molar-refractivity contribution in [2.75, 3.05) is 56.2 Å². The standard InChI is InChI=1S/C43H46ClN7O5S2.2ClH/c1-48(2)21-20-35(29-57-37-9-4-3-5-10-37)46-40-19-18-38(25-41(40)51(53)54)58(55,56)47-43(52)33-24-31-14-17-36-28-49(22-23-50(36)42(31)45-26-33)27-32-8-6-7-11-39(32)30-12-15-34(44)16-13-30;;/h3-13,15-16,18-19,24-26,35-36,46H,14,17,20-23,27-29H2,1-2H3,(H,47,52);2*1H/t35-,36?;;/m1../s1. The second-order valence-electron chi connectivity index (χ2n) is 14.9. The zero-order valence-corrected chi connectivity index (χ0v) is 37.2. The third-order valence-corrected chi connectivity index (χ3v) is 13.3. The Labute approximate surface area is 373 Å². The van der Waals surface area contributed by atoms with E-state index < -0.39 is 26.5 Å². The summed E-state index contributed by atoms with van der Waals surface area (Å²) in [5.41, 5.74) is 4.35. The third-order valence-electron chi connectivity index (χ3n) is 10.5. The number of nitrogens with one attached hydrogen (secondary N) is 2. The quantitative estimate of drug-likeness (QED) is 0.0594. The molecule has 2 aliphatic rings. The van der Waals surface area contributed by atoms with Gasteiger partial charge in [0, 0.05) is 66.2 Å². The molecule has 4 aromatic carbocycles. The van der Waals surface area contributed by atoms with E-state index in [1.807, 2.05) is 73.6 Å². The number of halogens is 3. The molecule has 1 unspecified atom stereocenters. The highest BCUT2D eigenvalue weighted by molar-refractivity contribution is 7.99. The third kappa shape index (κ3) is 11.5. The van der Waals surface area contributed by atoms with Crippen molar-refractivity contribution in [3.63, 3.8) is 0 Å². The Kier molecular flexibility index (Phi) is 16.3. The average molecular weight is 913 g/mol. The molecule has 0 aliphatic carbocycles. The van der Waals surface area contributed by atoms with Gasteiger partial charge in [-0.05, 0) is 105 Å². The zero-order chi connectivity index (χ0) is 40.8. The van der Waals surface area contributed by atoms with Gasteiger partial charge in [-0.3, -0.25) is 19.8 Å². The molecule has 17 heteroatoms. The summed E-state index contributed by atoms with van der Waals surface area (Å²) in [6.45, 7) is 4.01. The van der Waals surface area contributed by atoms with Crippen molar-refractivity contribution >= 4 is 81.3 Å². The van der Waals surface area contributed by atoms with Crippen molar-refractivity contribution in [2.24, 2.45) is 0 Å². The molecule has 1 fully saturated rings. The number of nitro groups is 1. The first kappa shape index (κ1) is 46.7. The van der Waals surface area contributed by atoms with Gasteiger partial charge in [0.25, 0.3) is 21.6 Å². The highest BCUT2D eigenvalue weighted by Gasteiger charge is 2.34. The lowest BCUT2D eigenvalue weighted by Crippen LogP contribution is -2.55. The molecule has 60 heavy (non-hydrogen) atoms. The predicted molar refractivity (Wildman–Crippen MR) is 246 cm³/mol. The predicted octanol–water partition coefficient (Wildman–Crippen LogP) is 8.43. The van der Waals surface area contributed by atoms with Crippen molar-refractivity contribution in [3.8, 4) is 11.1 Å². The molecule has 3 heterocycles. The lowest BCUT2D eigenvalue weighted by molar-refractivity contribution is -0.384. The van der Waals surface area contributed by atoms with E-state index in [2.05, 4.69) is 49.1 Å². The number of amides is 1. The summed E-state index contributed by atoms with van der Waals surface area (Å²) in [6, 6.07) is 31.7. The maximum absolute atomic E-state index is 13.5. The summed E-state index contributed by atoms with van der Waals surface area (Å²) in [7, 11) is -0.544. The summed E-state index contributed by atoms with van der Waals surface area (Å²) in [6.07, 6.45) is 3.65. The van der Waals surface area contributed by atoms with E-state index in [4.69, 9.17) is 11.6 Å². The van der Waals surface area contributed by atoms with Crippen LogP contribution in [0.5, 0.6) is 0 Å². The molecule has 7 rings (SSSR count). The smallest absolute Gasteiger partial charge is 0.293 e. The van der Waals surface area contributed by atoms with Crippen LogP contribution in [0.25, 0.3) is 11.1 Å². The van der Waals surface area contributed by atoms with Crippen LogP contribution in [0, 0.1) is 10.1 Å². The molecule has 2 atom stereocenters. The Morgan fingerprint density at radius 2 is 1.73 bits per heavy atom. The number of rotatable bonds is 15. The van der Waals surface area contributed by atoms with E-state index in [9.17, 15) is 23.3 Å². The SMILES string of the molecule is CN(C)CC[C@H](CSc1ccccc1)Nc1ccc(S(=O)(=O)NC(=O)c2cnc3c(c2)CCC2CN(Cc4ccccc4-c4ccc(Cl)cc4)CCN32)cc1[N+](=O)[O-].Cl.Cl. The number of hydrogen-bond donors (Lipinski definition) is 2. The van der Waals surface area contributed by atoms with Crippen LogP contribution >= 0.6 is 48.2 Å². The summed E-state index contributed by atoms with van der Waals surface area (Å²) in [5.74, 6) is 0.590. The van der Waals surface area contributed by atoms with E-state index in [1.165, 1.54) is 29.5 Å². The van der Waals surface area contributed by atoms with E-state index in [0.717, 1.165) is 67.1 Å².